The van der Waals surface area contributed by atoms with Crippen molar-refractivity contribution in [2.75, 3.05) is 6.54 Å². The summed E-state index contributed by atoms with van der Waals surface area (Å²) in [7, 11) is -3.62. The molecule has 0 amide bonds. The molecule has 0 aromatic heterocycles. The summed E-state index contributed by atoms with van der Waals surface area (Å²) in [5, 5.41) is 8.51. The highest BCUT2D eigenvalue weighted by Crippen LogP contribution is 2.17. The summed E-state index contributed by atoms with van der Waals surface area (Å²) in [6.07, 6.45) is 1.12. The summed E-state index contributed by atoms with van der Waals surface area (Å²) in [5.41, 5.74) is 0.935. The second-order valence-corrected chi connectivity index (χ2v) is 6.32. The normalized spacial score (nSPS) is 15.3. The molecular weight excluding hydrogens is 248 g/mol. The van der Waals surface area contributed by atoms with Gasteiger partial charge in [0.2, 0.25) is 10.0 Å². The molecule has 3 N–H and O–H groups in total. The molecule has 0 fully saturated rings. The molecule has 2 unspecified atom stereocenters. The van der Waals surface area contributed by atoms with E-state index in [-0.39, 0.29) is 10.9 Å². The van der Waals surface area contributed by atoms with Gasteiger partial charge in [-0.05, 0) is 37.1 Å². The summed E-state index contributed by atoms with van der Waals surface area (Å²) in [6.45, 7) is 7.26. The topological polar surface area (TPSA) is 72.2 Å². The van der Waals surface area contributed by atoms with Crippen molar-refractivity contribution in [1.82, 2.24) is 5.32 Å². The van der Waals surface area contributed by atoms with Crippen molar-refractivity contribution in [3.63, 3.8) is 0 Å². The lowest BCUT2D eigenvalue weighted by atomic mass is 10.1. The van der Waals surface area contributed by atoms with Gasteiger partial charge < -0.3 is 5.32 Å². The molecule has 0 radical (unpaired) electrons. The highest BCUT2D eigenvalue weighted by Gasteiger charge is 2.11. The molecule has 0 aliphatic heterocycles. The van der Waals surface area contributed by atoms with Gasteiger partial charge >= 0.3 is 0 Å². The monoisotopic (exact) mass is 270 g/mol. The fourth-order valence-electron chi connectivity index (χ4n) is 1.60. The minimum atomic E-state index is -3.62. The lowest BCUT2D eigenvalue weighted by Crippen LogP contribution is -2.24. The average molecular weight is 270 g/mol. The molecule has 5 heteroatoms. The van der Waals surface area contributed by atoms with Crippen LogP contribution in [0.1, 0.15) is 38.8 Å². The molecule has 102 valence electrons. The summed E-state index contributed by atoms with van der Waals surface area (Å²) >= 11 is 0. The Morgan fingerprint density at radius 2 is 2.00 bits per heavy atom. The Hall–Kier alpha value is -0.910. The molecule has 2 atom stereocenters. The summed E-state index contributed by atoms with van der Waals surface area (Å²) < 4.78 is 22.6. The molecule has 1 aromatic carbocycles. The van der Waals surface area contributed by atoms with Crippen LogP contribution in [0.2, 0.25) is 0 Å². The summed E-state index contributed by atoms with van der Waals surface area (Å²) in [4.78, 5) is 0.164. The number of hydrogen-bond donors (Lipinski definition) is 2. The maximum absolute atomic E-state index is 11.3. The van der Waals surface area contributed by atoms with Gasteiger partial charge in [-0.3, -0.25) is 0 Å². The smallest absolute Gasteiger partial charge is 0.238 e. The van der Waals surface area contributed by atoms with Crippen LogP contribution >= 0.6 is 0 Å². The van der Waals surface area contributed by atoms with Crippen LogP contribution in [-0.4, -0.2) is 15.0 Å². The zero-order chi connectivity index (χ0) is 13.8. The van der Waals surface area contributed by atoms with Crippen LogP contribution in [0.4, 0.5) is 0 Å². The van der Waals surface area contributed by atoms with Gasteiger partial charge in [0.15, 0.2) is 0 Å². The van der Waals surface area contributed by atoms with E-state index in [1.165, 1.54) is 6.07 Å². The highest BCUT2D eigenvalue weighted by atomic mass is 32.2. The van der Waals surface area contributed by atoms with Crippen LogP contribution in [-0.2, 0) is 10.0 Å². The van der Waals surface area contributed by atoms with E-state index in [0.717, 1.165) is 18.5 Å². The number of nitrogens with one attached hydrogen (secondary N) is 1. The van der Waals surface area contributed by atoms with Crippen LogP contribution in [0.25, 0.3) is 0 Å². The predicted molar refractivity (Wildman–Crippen MR) is 73.7 cm³/mol. The van der Waals surface area contributed by atoms with Crippen molar-refractivity contribution in [1.29, 1.82) is 0 Å². The van der Waals surface area contributed by atoms with E-state index in [1.54, 1.807) is 12.1 Å². The SMILES string of the molecule is CCC(C)CNC(C)c1cccc(S(N)(=O)=O)c1. The zero-order valence-corrected chi connectivity index (χ0v) is 12.0. The second kappa shape index (κ2) is 6.31. The predicted octanol–water partition coefficient (Wildman–Crippen LogP) is 2.03. The largest absolute Gasteiger partial charge is 0.310 e. The summed E-state index contributed by atoms with van der Waals surface area (Å²) in [5.74, 6) is 0.605. The van der Waals surface area contributed by atoms with E-state index in [9.17, 15) is 8.42 Å². The summed E-state index contributed by atoms with van der Waals surface area (Å²) in [6, 6.07) is 6.88. The van der Waals surface area contributed by atoms with Crippen molar-refractivity contribution >= 4 is 10.0 Å². The van der Waals surface area contributed by atoms with Gasteiger partial charge in [-0.1, -0.05) is 32.4 Å². The number of sulfonamides is 1. The molecule has 1 aromatic rings. The van der Waals surface area contributed by atoms with Crippen LogP contribution in [0.5, 0.6) is 0 Å². The molecule has 4 nitrogen and oxygen atoms in total. The van der Waals surface area contributed by atoms with Crippen LogP contribution in [0.3, 0.4) is 0 Å². The van der Waals surface area contributed by atoms with Crippen molar-refractivity contribution in [3.8, 4) is 0 Å². The molecule has 0 bridgehead atoms. The van der Waals surface area contributed by atoms with E-state index in [1.807, 2.05) is 13.0 Å². The zero-order valence-electron chi connectivity index (χ0n) is 11.2. The van der Waals surface area contributed by atoms with Crippen LogP contribution < -0.4 is 10.5 Å². The molecule has 18 heavy (non-hydrogen) atoms. The Morgan fingerprint density at radius 3 is 2.56 bits per heavy atom. The Balaban J connectivity index is 2.78. The van der Waals surface area contributed by atoms with Gasteiger partial charge in [-0.2, -0.15) is 0 Å². The second-order valence-electron chi connectivity index (χ2n) is 4.76. The minimum absolute atomic E-state index is 0.112. The van der Waals surface area contributed by atoms with Gasteiger partial charge in [0.1, 0.15) is 0 Å². The molecule has 0 aliphatic carbocycles. The Morgan fingerprint density at radius 1 is 1.33 bits per heavy atom. The number of nitrogens with two attached hydrogens (primary N) is 1. The molecular formula is C13H22N2O2S. The standard InChI is InChI=1S/C13H22N2O2S/c1-4-10(2)9-15-11(3)12-6-5-7-13(8-12)18(14,16)17/h5-8,10-11,15H,4,9H2,1-3H3,(H2,14,16,17). The molecule has 1 rings (SSSR count). The maximum atomic E-state index is 11.3. The number of hydrogen-bond acceptors (Lipinski definition) is 3. The maximum Gasteiger partial charge on any atom is 0.238 e. The first-order valence-electron chi connectivity index (χ1n) is 6.20. The van der Waals surface area contributed by atoms with E-state index in [0.29, 0.717) is 5.92 Å². The molecule has 0 spiro atoms. The minimum Gasteiger partial charge on any atom is -0.310 e. The molecule has 0 heterocycles. The molecule has 0 saturated carbocycles. The van der Waals surface area contributed by atoms with Gasteiger partial charge in [0, 0.05) is 6.04 Å². The van der Waals surface area contributed by atoms with Gasteiger partial charge in [-0.15, -0.1) is 0 Å². The lowest BCUT2D eigenvalue weighted by molar-refractivity contribution is 0.460. The van der Waals surface area contributed by atoms with Crippen LogP contribution in [0, 0.1) is 5.92 Å². The first-order valence-corrected chi connectivity index (χ1v) is 7.75. The van der Waals surface area contributed by atoms with Gasteiger partial charge in [0.05, 0.1) is 4.90 Å². The average Bonchev–Trinajstić information content (AvgIpc) is 2.34. The number of benzene rings is 1. The van der Waals surface area contributed by atoms with Gasteiger partial charge in [-0.25, -0.2) is 13.6 Å². The lowest BCUT2D eigenvalue weighted by Gasteiger charge is -2.17. The van der Waals surface area contributed by atoms with Crippen LogP contribution in [0.15, 0.2) is 29.2 Å². The van der Waals surface area contributed by atoms with E-state index < -0.39 is 10.0 Å². The fraction of sp³-hybridized carbons (Fsp3) is 0.538. The number of rotatable bonds is 6. The highest BCUT2D eigenvalue weighted by molar-refractivity contribution is 7.89. The third kappa shape index (κ3) is 4.40. The first kappa shape index (κ1) is 15.1. The quantitative estimate of drug-likeness (QED) is 0.830. The van der Waals surface area contributed by atoms with Crippen molar-refractivity contribution < 1.29 is 8.42 Å². The Labute approximate surface area is 110 Å². The van der Waals surface area contributed by atoms with E-state index in [2.05, 4.69) is 19.2 Å². The number of primary sulfonamides is 1. The van der Waals surface area contributed by atoms with Gasteiger partial charge in [0.25, 0.3) is 0 Å². The van der Waals surface area contributed by atoms with Crippen molar-refractivity contribution in [3.05, 3.63) is 29.8 Å². The third-order valence-corrected chi connectivity index (χ3v) is 4.07. The Kier molecular flexibility index (Phi) is 5.31. The first-order chi connectivity index (χ1) is 8.34. The molecule has 0 aliphatic rings. The Bertz CT molecular complexity index is 486. The van der Waals surface area contributed by atoms with E-state index in [4.69, 9.17) is 5.14 Å². The van der Waals surface area contributed by atoms with Crippen molar-refractivity contribution in [2.24, 2.45) is 11.1 Å². The van der Waals surface area contributed by atoms with E-state index >= 15 is 0 Å². The van der Waals surface area contributed by atoms with Crippen molar-refractivity contribution in [2.45, 2.75) is 38.1 Å². The fourth-order valence-corrected chi connectivity index (χ4v) is 2.17. The third-order valence-electron chi connectivity index (χ3n) is 3.16. The molecule has 0 saturated heterocycles.